The fraction of sp³-hybridized carbons (Fsp3) is 0.625. The Hall–Kier alpha value is -0.340. The normalized spacial score (nSPS) is 15.1. The van der Waals surface area contributed by atoms with Gasteiger partial charge < -0.3 is 5.32 Å². The highest BCUT2D eigenvalue weighted by Gasteiger charge is 2.28. The molecule has 0 heterocycles. The molecule has 0 radical (unpaired) electrons. The van der Waals surface area contributed by atoms with Crippen LogP contribution >= 0.6 is 15.9 Å². The maximum Gasteiger partial charge on any atom is 0.0175 e. The van der Waals surface area contributed by atoms with Crippen LogP contribution < -0.4 is 5.32 Å². The second-order valence-corrected chi connectivity index (χ2v) is 7.06. The molecule has 0 spiro atoms. The van der Waals surface area contributed by atoms with Crippen molar-refractivity contribution in [3.63, 3.8) is 0 Å². The maximum atomic E-state index is 3.59. The zero-order valence-electron chi connectivity index (χ0n) is 12.3. The van der Waals surface area contributed by atoms with Crippen molar-refractivity contribution in [2.75, 3.05) is 6.54 Å². The van der Waals surface area contributed by atoms with Gasteiger partial charge in [0.05, 0.1) is 0 Å². The van der Waals surface area contributed by atoms with E-state index in [1.54, 1.807) is 0 Å². The van der Waals surface area contributed by atoms with Gasteiger partial charge in [0.2, 0.25) is 0 Å². The Balaban J connectivity index is 2.75. The van der Waals surface area contributed by atoms with Crippen molar-refractivity contribution in [1.82, 2.24) is 5.32 Å². The van der Waals surface area contributed by atoms with E-state index in [1.807, 2.05) is 0 Å². The molecule has 1 N–H and O–H groups in total. The first kappa shape index (κ1) is 15.7. The first-order valence-corrected chi connectivity index (χ1v) is 7.60. The van der Waals surface area contributed by atoms with Gasteiger partial charge in [0.1, 0.15) is 0 Å². The lowest BCUT2D eigenvalue weighted by Gasteiger charge is -2.35. The van der Waals surface area contributed by atoms with Crippen molar-refractivity contribution in [3.05, 3.63) is 34.3 Å². The SMILES string of the molecule is CC(C)NCC(C)(Cc1ccc(Br)cc1)C(C)C. The molecule has 0 fully saturated rings. The lowest BCUT2D eigenvalue weighted by molar-refractivity contribution is 0.202. The summed E-state index contributed by atoms with van der Waals surface area (Å²) in [4.78, 5) is 0. The molecule has 1 nitrogen and oxygen atoms in total. The topological polar surface area (TPSA) is 12.0 Å². The third kappa shape index (κ3) is 4.74. The van der Waals surface area contributed by atoms with E-state index in [0.29, 0.717) is 17.4 Å². The van der Waals surface area contributed by atoms with Crippen LogP contribution in [0.25, 0.3) is 0 Å². The Kier molecular flexibility index (Phi) is 5.87. The average Bonchev–Trinajstić information content (AvgIpc) is 2.29. The van der Waals surface area contributed by atoms with Gasteiger partial charge in [-0.15, -0.1) is 0 Å². The van der Waals surface area contributed by atoms with Crippen LogP contribution in [0.2, 0.25) is 0 Å². The number of nitrogens with one attached hydrogen (secondary N) is 1. The molecule has 1 aromatic carbocycles. The van der Waals surface area contributed by atoms with Crippen molar-refractivity contribution in [2.24, 2.45) is 11.3 Å². The predicted octanol–water partition coefficient (Wildman–Crippen LogP) is 4.65. The molecule has 0 bridgehead atoms. The number of rotatable bonds is 6. The monoisotopic (exact) mass is 311 g/mol. The van der Waals surface area contributed by atoms with Crippen molar-refractivity contribution in [2.45, 2.75) is 47.1 Å². The van der Waals surface area contributed by atoms with Crippen LogP contribution in [-0.4, -0.2) is 12.6 Å². The Morgan fingerprint density at radius 2 is 1.67 bits per heavy atom. The Morgan fingerprint density at radius 3 is 2.11 bits per heavy atom. The number of benzene rings is 1. The fourth-order valence-electron chi connectivity index (χ4n) is 1.98. The van der Waals surface area contributed by atoms with E-state index in [2.05, 4.69) is 80.1 Å². The summed E-state index contributed by atoms with van der Waals surface area (Å²) in [6, 6.07) is 9.26. The first-order chi connectivity index (χ1) is 8.33. The maximum absolute atomic E-state index is 3.59. The molecule has 2 heteroatoms. The number of hydrogen-bond donors (Lipinski definition) is 1. The van der Waals surface area contributed by atoms with Gasteiger partial charge in [0.25, 0.3) is 0 Å². The zero-order chi connectivity index (χ0) is 13.8. The first-order valence-electron chi connectivity index (χ1n) is 6.81. The molecule has 0 saturated carbocycles. The summed E-state index contributed by atoms with van der Waals surface area (Å²) < 4.78 is 1.15. The summed E-state index contributed by atoms with van der Waals surface area (Å²) in [5.74, 6) is 0.660. The van der Waals surface area contributed by atoms with Crippen LogP contribution in [-0.2, 0) is 6.42 Å². The van der Waals surface area contributed by atoms with Crippen molar-refractivity contribution in [3.8, 4) is 0 Å². The second-order valence-electron chi connectivity index (χ2n) is 6.15. The van der Waals surface area contributed by atoms with Crippen LogP contribution in [0.3, 0.4) is 0 Å². The van der Waals surface area contributed by atoms with E-state index >= 15 is 0 Å². The summed E-state index contributed by atoms with van der Waals surface area (Å²) >= 11 is 3.49. The van der Waals surface area contributed by atoms with Gasteiger partial charge in [-0.05, 0) is 35.4 Å². The van der Waals surface area contributed by atoms with Gasteiger partial charge in [-0.3, -0.25) is 0 Å². The largest absolute Gasteiger partial charge is 0.314 e. The summed E-state index contributed by atoms with van der Waals surface area (Å²) in [6.07, 6.45) is 1.12. The van der Waals surface area contributed by atoms with Gasteiger partial charge in [-0.25, -0.2) is 0 Å². The highest BCUT2D eigenvalue weighted by Crippen LogP contribution is 2.31. The lowest BCUT2D eigenvalue weighted by atomic mass is 9.74. The molecular formula is C16H26BrN. The number of halogens is 1. The molecule has 0 aliphatic rings. The van der Waals surface area contributed by atoms with Gasteiger partial charge in [-0.1, -0.05) is 62.7 Å². The van der Waals surface area contributed by atoms with Crippen LogP contribution in [0, 0.1) is 11.3 Å². The van der Waals surface area contributed by atoms with Crippen LogP contribution in [0.5, 0.6) is 0 Å². The summed E-state index contributed by atoms with van der Waals surface area (Å²) in [7, 11) is 0. The van der Waals surface area contributed by atoms with E-state index in [1.165, 1.54) is 5.56 Å². The molecule has 0 aliphatic heterocycles. The molecule has 0 aliphatic carbocycles. The van der Waals surface area contributed by atoms with Gasteiger partial charge in [0, 0.05) is 17.1 Å². The molecule has 0 saturated heterocycles. The summed E-state index contributed by atoms with van der Waals surface area (Å²) in [5.41, 5.74) is 1.72. The zero-order valence-corrected chi connectivity index (χ0v) is 13.8. The molecule has 18 heavy (non-hydrogen) atoms. The minimum Gasteiger partial charge on any atom is -0.314 e. The van der Waals surface area contributed by atoms with Crippen LogP contribution in [0.15, 0.2) is 28.7 Å². The minimum atomic E-state index is 0.304. The Bertz CT molecular complexity index is 356. The standard InChI is InChI=1S/C16H26BrN/c1-12(2)16(5,11-18-13(3)4)10-14-6-8-15(17)9-7-14/h6-9,12-13,18H,10-11H2,1-5H3. The second kappa shape index (κ2) is 6.72. The summed E-state index contributed by atoms with van der Waals surface area (Å²) in [5, 5.41) is 3.59. The van der Waals surface area contributed by atoms with Crippen molar-refractivity contribution >= 4 is 15.9 Å². The average molecular weight is 312 g/mol. The lowest BCUT2D eigenvalue weighted by Crippen LogP contribution is -2.40. The highest BCUT2D eigenvalue weighted by molar-refractivity contribution is 9.10. The van der Waals surface area contributed by atoms with E-state index in [9.17, 15) is 0 Å². The van der Waals surface area contributed by atoms with Crippen LogP contribution in [0.4, 0.5) is 0 Å². The van der Waals surface area contributed by atoms with Gasteiger partial charge in [-0.2, -0.15) is 0 Å². The molecule has 1 atom stereocenters. The van der Waals surface area contributed by atoms with E-state index < -0.39 is 0 Å². The van der Waals surface area contributed by atoms with E-state index in [-0.39, 0.29) is 0 Å². The smallest absolute Gasteiger partial charge is 0.0175 e. The molecule has 1 aromatic rings. The van der Waals surface area contributed by atoms with Crippen molar-refractivity contribution in [1.29, 1.82) is 0 Å². The van der Waals surface area contributed by atoms with Crippen LogP contribution in [0.1, 0.15) is 40.2 Å². The fourth-order valence-corrected chi connectivity index (χ4v) is 2.24. The van der Waals surface area contributed by atoms with Gasteiger partial charge in [0.15, 0.2) is 0 Å². The molecular weight excluding hydrogens is 286 g/mol. The Labute approximate surface area is 120 Å². The van der Waals surface area contributed by atoms with Gasteiger partial charge >= 0.3 is 0 Å². The van der Waals surface area contributed by atoms with E-state index in [0.717, 1.165) is 17.4 Å². The molecule has 0 aromatic heterocycles. The van der Waals surface area contributed by atoms with Crippen molar-refractivity contribution < 1.29 is 0 Å². The number of hydrogen-bond acceptors (Lipinski definition) is 1. The molecule has 1 rings (SSSR count). The third-order valence-corrected chi connectivity index (χ3v) is 4.36. The predicted molar refractivity (Wildman–Crippen MR) is 83.9 cm³/mol. The minimum absolute atomic E-state index is 0.304. The summed E-state index contributed by atoms with van der Waals surface area (Å²) in [6.45, 7) is 12.5. The molecule has 0 amide bonds. The van der Waals surface area contributed by atoms with E-state index in [4.69, 9.17) is 0 Å². The quantitative estimate of drug-likeness (QED) is 0.806. The molecule has 102 valence electrons. The molecule has 1 unspecified atom stereocenters. The Morgan fingerprint density at radius 1 is 1.11 bits per heavy atom. The highest BCUT2D eigenvalue weighted by atomic mass is 79.9. The third-order valence-electron chi connectivity index (χ3n) is 3.83.